The van der Waals surface area contributed by atoms with Crippen LogP contribution in [0.2, 0.25) is 0 Å². The molecule has 20 nitrogen and oxygen atoms in total. The zero-order chi connectivity index (χ0) is 50.1. The van der Waals surface area contributed by atoms with Gasteiger partial charge in [0.25, 0.3) is 0 Å². The number of unbranched alkanes of at least 4 members (excludes halogenated alkanes) is 1. The standard InChI is InChI=1S/C46H66N10O10S2/c1-24(2)36-43(62)52-34(20-28-21-49-31-16-10-9-15-29(28)31)41(60)50-32(17-11-12-18-47)40(59)56-38(26(5)57)45(64)55-37(25(3)4)44(63)53-35(46(65)66)23-68-67-22-30(48)39(58)51-33(42(61)54-36)19-27-13-7-6-8-14-27/h6-10,13-16,21,24-26,30,32-38,49,57H,11-12,17-20,22-23,47-48H2,1-5H3,(H,50,60)(H,51,58)(H,52,62)(H,53,63)(H,54,61)(H,55,64)(H,56,59)(H,65,66)/t26-,30+,32+,33+,34+,35+,36+,37+,38+/m1/s1. The normalized spacial score (nSPS) is 25.4. The van der Waals surface area contributed by atoms with E-state index in [-0.39, 0.29) is 37.3 Å². The summed E-state index contributed by atoms with van der Waals surface area (Å²) in [4.78, 5) is 114. The van der Waals surface area contributed by atoms with Crippen molar-refractivity contribution in [3.8, 4) is 0 Å². The number of carboxylic acid groups (broad SMARTS) is 1. The van der Waals surface area contributed by atoms with Crippen molar-refractivity contribution in [2.75, 3.05) is 18.1 Å². The van der Waals surface area contributed by atoms with E-state index in [1.807, 2.05) is 24.3 Å². The number of amides is 7. The van der Waals surface area contributed by atoms with E-state index in [4.69, 9.17) is 11.5 Å². The molecule has 68 heavy (non-hydrogen) atoms. The van der Waals surface area contributed by atoms with Crippen molar-refractivity contribution in [3.63, 3.8) is 0 Å². The second-order valence-electron chi connectivity index (χ2n) is 17.5. The van der Waals surface area contributed by atoms with Crippen molar-refractivity contribution in [2.24, 2.45) is 23.3 Å². The van der Waals surface area contributed by atoms with Crippen LogP contribution in [0.5, 0.6) is 0 Å². The third-order valence-electron chi connectivity index (χ3n) is 11.3. The van der Waals surface area contributed by atoms with E-state index in [0.717, 1.165) is 32.5 Å². The number of carboxylic acids is 1. The van der Waals surface area contributed by atoms with E-state index < -0.39 is 114 Å². The second-order valence-corrected chi connectivity index (χ2v) is 20.0. The van der Waals surface area contributed by atoms with Gasteiger partial charge in [-0.25, -0.2) is 4.79 Å². The molecule has 372 valence electrons. The molecule has 1 aliphatic heterocycles. The number of carbonyl (C=O) groups excluding carboxylic acids is 7. The van der Waals surface area contributed by atoms with Crippen molar-refractivity contribution in [1.82, 2.24) is 42.2 Å². The molecule has 0 radical (unpaired) electrons. The fourth-order valence-corrected chi connectivity index (χ4v) is 9.62. The summed E-state index contributed by atoms with van der Waals surface area (Å²) in [5, 5.41) is 40.1. The number of aromatic amines is 1. The van der Waals surface area contributed by atoms with Gasteiger partial charge in [0.15, 0.2) is 0 Å². The summed E-state index contributed by atoms with van der Waals surface area (Å²) >= 11 is 0. The van der Waals surface area contributed by atoms with Gasteiger partial charge >= 0.3 is 5.97 Å². The molecule has 0 aliphatic carbocycles. The van der Waals surface area contributed by atoms with Gasteiger partial charge in [0, 0.05) is 41.4 Å². The van der Waals surface area contributed by atoms with Crippen molar-refractivity contribution < 1.29 is 48.6 Å². The maximum Gasteiger partial charge on any atom is 0.327 e. The lowest BCUT2D eigenvalue weighted by Gasteiger charge is -2.30. The average molecular weight is 983 g/mol. The summed E-state index contributed by atoms with van der Waals surface area (Å²) in [5.74, 6) is -8.32. The van der Waals surface area contributed by atoms with E-state index in [2.05, 4.69) is 42.2 Å². The Balaban J connectivity index is 1.77. The van der Waals surface area contributed by atoms with Crippen molar-refractivity contribution in [3.05, 3.63) is 71.9 Å². The predicted molar refractivity (Wildman–Crippen MR) is 260 cm³/mol. The van der Waals surface area contributed by atoms with Crippen molar-refractivity contribution >= 4 is 79.8 Å². The predicted octanol–water partition coefficient (Wildman–Crippen LogP) is -0.0246. The van der Waals surface area contributed by atoms with Crippen LogP contribution in [0.15, 0.2) is 60.8 Å². The number of nitrogens with one attached hydrogen (secondary N) is 8. The molecule has 1 fully saturated rings. The first-order chi connectivity index (χ1) is 32.3. The zero-order valence-corrected chi connectivity index (χ0v) is 40.5. The van der Waals surface area contributed by atoms with Crippen LogP contribution in [0.3, 0.4) is 0 Å². The summed E-state index contributed by atoms with van der Waals surface area (Å²) < 4.78 is 0. The molecule has 0 spiro atoms. The number of aliphatic carboxylic acids is 1. The van der Waals surface area contributed by atoms with Gasteiger partial charge in [-0.3, -0.25) is 33.6 Å². The topological polar surface area (TPSA) is 329 Å². The molecule has 14 N–H and O–H groups in total. The van der Waals surface area contributed by atoms with E-state index in [0.29, 0.717) is 24.0 Å². The number of H-pyrrole nitrogens is 1. The maximum absolute atomic E-state index is 14.5. The Morgan fingerprint density at radius 3 is 1.78 bits per heavy atom. The molecular weight excluding hydrogens is 917 g/mol. The van der Waals surface area contributed by atoms with E-state index in [1.54, 1.807) is 64.2 Å². The number of aliphatic hydroxyl groups is 1. The number of fused-ring (bicyclic) bond motifs is 1. The first-order valence-electron chi connectivity index (χ1n) is 22.6. The Bertz CT molecular complexity index is 2210. The number of hydrogen-bond donors (Lipinski definition) is 12. The summed E-state index contributed by atoms with van der Waals surface area (Å²) in [5.41, 5.74) is 14.2. The molecule has 1 aromatic heterocycles. The van der Waals surface area contributed by atoms with Crippen LogP contribution in [0.4, 0.5) is 0 Å². The van der Waals surface area contributed by atoms with Gasteiger partial charge in [-0.05, 0) is 61.8 Å². The number of nitrogens with two attached hydrogens (primary N) is 2. The van der Waals surface area contributed by atoms with Crippen LogP contribution in [0, 0.1) is 11.8 Å². The number of carbonyl (C=O) groups is 8. The highest BCUT2D eigenvalue weighted by Gasteiger charge is 2.37. The van der Waals surface area contributed by atoms with Gasteiger partial charge in [0.2, 0.25) is 41.4 Å². The molecule has 1 saturated heterocycles. The Hall–Kier alpha value is -5.68. The molecule has 0 saturated carbocycles. The molecule has 7 amide bonds. The number of aromatic nitrogens is 1. The largest absolute Gasteiger partial charge is 0.480 e. The van der Waals surface area contributed by atoms with Crippen LogP contribution < -0.4 is 48.7 Å². The lowest BCUT2D eigenvalue weighted by atomic mass is 9.99. The Kier molecular flexibility index (Phi) is 21.6. The summed E-state index contributed by atoms with van der Waals surface area (Å²) in [7, 11) is 2.09. The first-order valence-corrected chi connectivity index (χ1v) is 25.1. The quantitative estimate of drug-likeness (QED) is 0.0839. The van der Waals surface area contributed by atoms with Gasteiger partial charge in [-0.2, -0.15) is 0 Å². The van der Waals surface area contributed by atoms with E-state index in [1.165, 1.54) is 6.92 Å². The molecule has 0 bridgehead atoms. The number of para-hydroxylation sites is 1. The molecule has 0 unspecified atom stereocenters. The van der Waals surface area contributed by atoms with Gasteiger partial charge in [-0.15, -0.1) is 0 Å². The first kappa shape index (κ1) is 54.9. The Labute approximate surface area is 403 Å². The van der Waals surface area contributed by atoms with Crippen LogP contribution >= 0.6 is 21.6 Å². The van der Waals surface area contributed by atoms with Crippen molar-refractivity contribution in [1.29, 1.82) is 0 Å². The summed E-state index contributed by atoms with van der Waals surface area (Å²) in [6.07, 6.45) is 0.977. The van der Waals surface area contributed by atoms with Crippen LogP contribution in [-0.4, -0.2) is 135 Å². The number of rotatable bonds is 12. The average Bonchev–Trinajstić information content (AvgIpc) is 3.70. The summed E-state index contributed by atoms with van der Waals surface area (Å²) in [6.45, 7) is 8.14. The number of hydrogen-bond acceptors (Lipinski definition) is 13. The smallest absolute Gasteiger partial charge is 0.327 e. The lowest BCUT2D eigenvalue weighted by molar-refractivity contribution is -0.142. The minimum Gasteiger partial charge on any atom is -0.480 e. The molecule has 3 aromatic rings. The zero-order valence-electron chi connectivity index (χ0n) is 38.9. The molecule has 9 atom stereocenters. The van der Waals surface area contributed by atoms with Gasteiger partial charge in [0.1, 0.15) is 42.3 Å². The Morgan fingerprint density at radius 2 is 1.15 bits per heavy atom. The number of aliphatic hydroxyl groups excluding tert-OH is 1. The van der Waals surface area contributed by atoms with Crippen molar-refractivity contribution in [2.45, 2.75) is 121 Å². The SMILES string of the molecule is CC(C)[C@@H]1NC(=O)[C@H](Cc2ccccc2)NC(=O)[C@@H](N)CSSC[C@@H](C(=O)O)NC(=O)[C@H](C(C)C)NC(=O)[C@H]([C@@H](C)O)NC(=O)[C@H](CCCCN)NC(=O)[C@H](Cc2c[nH]c3ccccc23)NC1=O. The summed E-state index contributed by atoms with van der Waals surface area (Å²) in [6, 6.07) is 5.50. The molecule has 4 rings (SSSR count). The molecular formula is C46H66N10O10S2. The fourth-order valence-electron chi connectivity index (χ4n) is 7.34. The molecule has 1 aliphatic rings. The van der Waals surface area contributed by atoms with Crippen LogP contribution in [-0.2, 0) is 51.2 Å². The third kappa shape index (κ3) is 16.2. The highest BCUT2D eigenvalue weighted by molar-refractivity contribution is 8.76. The molecule has 22 heteroatoms. The fraction of sp³-hybridized carbons (Fsp3) is 0.522. The number of benzene rings is 2. The van der Waals surface area contributed by atoms with Gasteiger partial charge in [-0.1, -0.05) is 97.8 Å². The third-order valence-corrected chi connectivity index (χ3v) is 13.7. The monoisotopic (exact) mass is 982 g/mol. The highest BCUT2D eigenvalue weighted by Crippen LogP contribution is 2.24. The van der Waals surface area contributed by atoms with Gasteiger partial charge < -0.3 is 63.9 Å². The molecule has 2 aromatic carbocycles. The van der Waals surface area contributed by atoms with Gasteiger partial charge in [0.05, 0.1) is 12.1 Å². The second kappa shape index (κ2) is 26.8. The minimum atomic E-state index is -1.64. The molecule has 2 heterocycles. The minimum absolute atomic E-state index is 0.0202. The maximum atomic E-state index is 14.5. The van der Waals surface area contributed by atoms with Crippen LogP contribution in [0.1, 0.15) is 65.0 Å². The van der Waals surface area contributed by atoms with E-state index in [9.17, 15) is 48.6 Å². The lowest BCUT2D eigenvalue weighted by Crippen LogP contribution is -2.62. The highest BCUT2D eigenvalue weighted by atomic mass is 33.1. The van der Waals surface area contributed by atoms with Crippen LogP contribution in [0.25, 0.3) is 10.9 Å². The van der Waals surface area contributed by atoms with E-state index >= 15 is 0 Å². The Morgan fingerprint density at radius 1 is 0.632 bits per heavy atom.